The molecular weight excluding hydrogens is 366 g/mol. The van der Waals surface area contributed by atoms with Gasteiger partial charge in [-0.1, -0.05) is 13.8 Å². The Kier molecular flexibility index (Phi) is 8.08. The van der Waals surface area contributed by atoms with Crippen molar-refractivity contribution in [3.05, 3.63) is 29.8 Å². The molecule has 1 saturated heterocycles. The minimum absolute atomic E-state index is 0.00863. The molecule has 2 atom stereocenters. The summed E-state index contributed by atoms with van der Waals surface area (Å²) in [5.74, 6) is 0.519. The number of benzene rings is 1. The first-order chi connectivity index (χ1) is 13.6. The number of carbonyl (C=O) groups is 2. The van der Waals surface area contributed by atoms with E-state index >= 15 is 0 Å². The molecule has 0 saturated carbocycles. The van der Waals surface area contributed by atoms with E-state index < -0.39 is 0 Å². The first-order valence-electron chi connectivity index (χ1n) is 10.6. The van der Waals surface area contributed by atoms with Gasteiger partial charge >= 0.3 is 0 Å². The lowest BCUT2D eigenvalue weighted by Crippen LogP contribution is -2.49. The third kappa shape index (κ3) is 7.03. The second kappa shape index (κ2) is 10.1. The molecule has 1 aromatic carbocycles. The summed E-state index contributed by atoms with van der Waals surface area (Å²) in [5.41, 5.74) is 0.577. The zero-order chi connectivity index (χ0) is 21.6. The van der Waals surface area contributed by atoms with Crippen LogP contribution in [0.15, 0.2) is 24.3 Å². The largest absolute Gasteiger partial charge is 0.484 e. The minimum Gasteiger partial charge on any atom is -0.484 e. The van der Waals surface area contributed by atoms with Crippen molar-refractivity contribution in [1.29, 1.82) is 0 Å². The molecule has 0 radical (unpaired) electrons. The Bertz CT molecular complexity index is 675. The molecule has 2 unspecified atom stereocenters. The topological polar surface area (TPSA) is 61.9 Å². The molecule has 6 nitrogen and oxygen atoms in total. The first kappa shape index (κ1) is 23.2. The Labute approximate surface area is 175 Å². The van der Waals surface area contributed by atoms with Gasteiger partial charge in [-0.25, -0.2) is 0 Å². The van der Waals surface area contributed by atoms with E-state index in [1.165, 1.54) is 6.42 Å². The highest BCUT2D eigenvalue weighted by Crippen LogP contribution is 2.23. The van der Waals surface area contributed by atoms with E-state index in [4.69, 9.17) is 4.74 Å². The first-order valence-corrected chi connectivity index (χ1v) is 10.6. The molecular formula is C23H37N3O3. The summed E-state index contributed by atoms with van der Waals surface area (Å²) in [4.78, 5) is 29.0. The molecule has 1 aliphatic heterocycles. The fourth-order valence-electron chi connectivity index (χ4n) is 4.17. The Morgan fingerprint density at radius 2 is 1.72 bits per heavy atom. The van der Waals surface area contributed by atoms with Crippen LogP contribution in [-0.4, -0.2) is 67.5 Å². The predicted octanol–water partition coefficient (Wildman–Crippen LogP) is 3.17. The number of nitrogens with zero attached hydrogens (tertiary/aromatic N) is 2. The molecule has 1 aromatic rings. The lowest BCUT2D eigenvalue weighted by atomic mass is 9.93. The van der Waals surface area contributed by atoms with Crippen molar-refractivity contribution in [3.8, 4) is 5.75 Å². The van der Waals surface area contributed by atoms with E-state index in [9.17, 15) is 9.59 Å². The summed E-state index contributed by atoms with van der Waals surface area (Å²) in [7, 11) is 4.05. The highest BCUT2D eigenvalue weighted by atomic mass is 16.5. The fourth-order valence-corrected chi connectivity index (χ4v) is 4.17. The van der Waals surface area contributed by atoms with E-state index in [2.05, 4.69) is 37.9 Å². The van der Waals surface area contributed by atoms with Gasteiger partial charge in [-0.05, 0) is 76.9 Å². The Morgan fingerprint density at radius 1 is 1.14 bits per heavy atom. The second-order valence-electron chi connectivity index (χ2n) is 9.33. The molecule has 0 aromatic heterocycles. The predicted molar refractivity (Wildman–Crippen MR) is 116 cm³/mol. The summed E-state index contributed by atoms with van der Waals surface area (Å²) in [6, 6.07) is 7.49. The van der Waals surface area contributed by atoms with Crippen molar-refractivity contribution in [2.75, 3.05) is 33.8 Å². The third-order valence-electron chi connectivity index (χ3n) is 5.43. The molecule has 162 valence electrons. The van der Waals surface area contributed by atoms with Crippen LogP contribution in [0.3, 0.4) is 0 Å². The number of ether oxygens (including phenoxy) is 1. The van der Waals surface area contributed by atoms with Gasteiger partial charge in [-0.2, -0.15) is 0 Å². The van der Waals surface area contributed by atoms with Crippen molar-refractivity contribution in [1.82, 2.24) is 15.1 Å². The van der Waals surface area contributed by atoms with Gasteiger partial charge in [0.25, 0.3) is 11.8 Å². The van der Waals surface area contributed by atoms with Crippen molar-refractivity contribution in [3.63, 3.8) is 0 Å². The summed E-state index contributed by atoms with van der Waals surface area (Å²) in [6.45, 7) is 9.97. The number of piperidine rings is 1. The molecule has 1 aliphatic rings. The normalized spacial score (nSPS) is 19.9. The second-order valence-corrected chi connectivity index (χ2v) is 9.33. The van der Waals surface area contributed by atoms with Crippen LogP contribution in [0.2, 0.25) is 0 Å². The number of nitrogens with one attached hydrogen (secondary N) is 1. The molecule has 0 aliphatic carbocycles. The average Bonchev–Trinajstić information content (AvgIpc) is 2.64. The molecule has 2 amide bonds. The van der Waals surface area contributed by atoms with Gasteiger partial charge in [-0.15, -0.1) is 0 Å². The maximum absolute atomic E-state index is 12.6. The molecule has 1 heterocycles. The van der Waals surface area contributed by atoms with Crippen molar-refractivity contribution in [2.24, 2.45) is 5.41 Å². The van der Waals surface area contributed by atoms with Gasteiger partial charge < -0.3 is 19.9 Å². The summed E-state index contributed by atoms with van der Waals surface area (Å²) < 4.78 is 5.68. The number of rotatable bonds is 8. The molecule has 0 bridgehead atoms. The zero-order valence-corrected chi connectivity index (χ0v) is 18.8. The van der Waals surface area contributed by atoms with Gasteiger partial charge in [-0.3, -0.25) is 9.59 Å². The van der Waals surface area contributed by atoms with Crippen molar-refractivity contribution < 1.29 is 14.3 Å². The maximum atomic E-state index is 12.6. The molecule has 0 spiro atoms. The lowest BCUT2D eigenvalue weighted by molar-refractivity contribution is -0.139. The molecule has 29 heavy (non-hydrogen) atoms. The number of amides is 2. The zero-order valence-electron chi connectivity index (χ0n) is 18.8. The van der Waals surface area contributed by atoms with Crippen LogP contribution in [0.25, 0.3) is 0 Å². The standard InChI is InChI=1S/C23H37N3O3/c1-17-8-7-9-18(2)26(17)21(27)14-29-20-12-10-19(11-13-20)22(28)24-15-23(3,4)16-25(5)6/h10-13,17-18H,7-9,14-16H2,1-6H3,(H,24,28). The van der Waals surface area contributed by atoms with Crippen LogP contribution in [0.4, 0.5) is 0 Å². The molecule has 2 rings (SSSR count). The Balaban J connectivity index is 1.85. The average molecular weight is 404 g/mol. The number of hydrogen-bond acceptors (Lipinski definition) is 4. The van der Waals surface area contributed by atoms with E-state index in [0.717, 1.165) is 19.4 Å². The molecule has 1 fully saturated rings. The Hall–Kier alpha value is -2.08. The molecule has 1 N–H and O–H groups in total. The molecule has 6 heteroatoms. The lowest BCUT2D eigenvalue weighted by Gasteiger charge is -2.38. The van der Waals surface area contributed by atoms with Gasteiger partial charge in [0.15, 0.2) is 6.61 Å². The smallest absolute Gasteiger partial charge is 0.260 e. The maximum Gasteiger partial charge on any atom is 0.260 e. The third-order valence-corrected chi connectivity index (χ3v) is 5.43. The van der Waals surface area contributed by atoms with E-state index in [0.29, 0.717) is 17.9 Å². The van der Waals surface area contributed by atoms with Crippen LogP contribution >= 0.6 is 0 Å². The van der Waals surface area contributed by atoms with Crippen LogP contribution in [0, 0.1) is 5.41 Å². The highest BCUT2D eigenvalue weighted by molar-refractivity contribution is 5.94. The highest BCUT2D eigenvalue weighted by Gasteiger charge is 2.29. The monoisotopic (exact) mass is 403 g/mol. The summed E-state index contributed by atoms with van der Waals surface area (Å²) >= 11 is 0. The number of likely N-dealkylation sites (tertiary alicyclic amines) is 1. The fraction of sp³-hybridized carbons (Fsp3) is 0.652. The summed E-state index contributed by atoms with van der Waals surface area (Å²) in [5, 5.41) is 3.00. The van der Waals surface area contributed by atoms with Crippen molar-refractivity contribution >= 4 is 11.8 Å². The summed E-state index contributed by atoms with van der Waals surface area (Å²) in [6.07, 6.45) is 3.26. The van der Waals surface area contributed by atoms with Gasteiger partial charge in [0, 0.05) is 30.7 Å². The van der Waals surface area contributed by atoms with E-state index in [-0.39, 0.29) is 35.9 Å². The van der Waals surface area contributed by atoms with Gasteiger partial charge in [0.05, 0.1) is 0 Å². The van der Waals surface area contributed by atoms with E-state index in [1.807, 2.05) is 19.0 Å². The quantitative estimate of drug-likeness (QED) is 0.724. The van der Waals surface area contributed by atoms with Gasteiger partial charge in [0.2, 0.25) is 0 Å². The van der Waals surface area contributed by atoms with Crippen LogP contribution in [0.1, 0.15) is 57.3 Å². The van der Waals surface area contributed by atoms with Crippen LogP contribution in [-0.2, 0) is 4.79 Å². The SMILES string of the molecule is CC1CCCC(C)N1C(=O)COc1ccc(C(=O)NCC(C)(C)CN(C)C)cc1. The number of carbonyl (C=O) groups excluding carboxylic acids is 2. The van der Waals surface area contributed by atoms with E-state index in [1.54, 1.807) is 24.3 Å². The van der Waals surface area contributed by atoms with Gasteiger partial charge in [0.1, 0.15) is 5.75 Å². The van der Waals surface area contributed by atoms with Crippen LogP contribution < -0.4 is 10.1 Å². The van der Waals surface area contributed by atoms with Crippen molar-refractivity contribution in [2.45, 2.75) is 59.0 Å². The minimum atomic E-state index is -0.101. The van der Waals surface area contributed by atoms with Crippen LogP contribution in [0.5, 0.6) is 5.75 Å². The number of hydrogen-bond donors (Lipinski definition) is 1. The Morgan fingerprint density at radius 3 is 2.28 bits per heavy atom.